The molecule has 0 aliphatic heterocycles. The van der Waals surface area contributed by atoms with Crippen LogP contribution in [0.3, 0.4) is 0 Å². The van der Waals surface area contributed by atoms with Gasteiger partial charge in [-0.3, -0.25) is 9.59 Å². The number of nitrogens with one attached hydrogen (secondary N) is 1. The molecule has 6 nitrogen and oxygen atoms in total. The number of carbonyl (C=O) groups is 2. The molecule has 1 aliphatic rings. The van der Waals surface area contributed by atoms with Crippen LogP contribution in [0.25, 0.3) is 0 Å². The van der Waals surface area contributed by atoms with Gasteiger partial charge in [0.25, 0.3) is 5.91 Å². The summed E-state index contributed by atoms with van der Waals surface area (Å²) in [5.41, 5.74) is 0.848. The van der Waals surface area contributed by atoms with Crippen LogP contribution < -0.4 is 14.8 Å². The van der Waals surface area contributed by atoms with Crippen LogP contribution >= 0.6 is 0 Å². The van der Waals surface area contributed by atoms with Gasteiger partial charge in [-0.05, 0) is 49.6 Å². The summed E-state index contributed by atoms with van der Waals surface area (Å²) in [7, 11) is 1.58. The van der Waals surface area contributed by atoms with Crippen molar-refractivity contribution in [3.8, 4) is 11.5 Å². The average Bonchev–Trinajstić information content (AvgIpc) is 3.29. The zero-order chi connectivity index (χ0) is 22.2. The number of carbonyl (C=O) groups excluding carboxylic acids is 2. The van der Waals surface area contributed by atoms with Gasteiger partial charge in [-0.1, -0.05) is 37.1 Å². The highest BCUT2D eigenvalue weighted by Crippen LogP contribution is 2.20. The number of methoxy groups -OCH3 is 1. The minimum absolute atomic E-state index is 0.00306. The first-order chi connectivity index (χ1) is 15.0. The van der Waals surface area contributed by atoms with Crippen molar-refractivity contribution in [2.45, 2.75) is 51.2 Å². The fraction of sp³-hybridized carbons (Fsp3) is 0.417. The summed E-state index contributed by atoms with van der Waals surface area (Å²) in [4.78, 5) is 27.3. The maximum Gasteiger partial charge on any atom is 0.261 e. The first kappa shape index (κ1) is 22.6. The molecule has 3 rings (SSSR count). The summed E-state index contributed by atoms with van der Waals surface area (Å²) in [6.07, 6.45) is 4.12. The van der Waals surface area contributed by atoms with E-state index in [1.54, 1.807) is 38.3 Å². The third kappa shape index (κ3) is 6.20. The molecule has 1 aliphatic carbocycles. The Morgan fingerprint density at radius 3 is 2.45 bits per heavy atom. The van der Waals surface area contributed by atoms with Gasteiger partial charge in [-0.15, -0.1) is 0 Å². The first-order valence-electron chi connectivity index (χ1n) is 10.6. The van der Waals surface area contributed by atoms with Crippen LogP contribution in [-0.2, 0) is 16.1 Å². The van der Waals surface area contributed by atoms with Gasteiger partial charge in [0.05, 0.1) is 7.11 Å². The Hall–Kier alpha value is -3.09. The average molecular weight is 429 g/mol. The molecule has 1 N–H and O–H groups in total. The largest absolute Gasteiger partial charge is 0.497 e. The van der Waals surface area contributed by atoms with Crippen molar-refractivity contribution >= 4 is 11.8 Å². The number of rotatable bonds is 9. The highest BCUT2D eigenvalue weighted by atomic mass is 19.1. The summed E-state index contributed by atoms with van der Waals surface area (Å²) in [6, 6.07) is 12.7. The number of para-hydroxylation sites is 1. The second-order valence-electron chi connectivity index (χ2n) is 7.75. The molecule has 2 amide bonds. The Morgan fingerprint density at radius 1 is 1.13 bits per heavy atom. The van der Waals surface area contributed by atoms with Crippen molar-refractivity contribution in [3.63, 3.8) is 0 Å². The molecule has 2 aromatic rings. The standard InChI is InChI=1S/C24H29FN2O4/c1-17(24(29)26-19-7-3-4-8-19)27(15-18-11-13-20(30-2)14-12-18)23(28)16-31-22-10-6-5-9-21(22)25/h5-6,9-14,17,19H,3-4,7-8,15-16H2,1-2H3,(H,26,29). The molecule has 1 saturated carbocycles. The maximum atomic E-state index is 13.8. The highest BCUT2D eigenvalue weighted by molar-refractivity contribution is 5.88. The number of benzene rings is 2. The van der Waals surface area contributed by atoms with E-state index < -0.39 is 17.8 Å². The Kier molecular flexibility index (Phi) is 7.87. The number of ether oxygens (including phenoxy) is 2. The van der Waals surface area contributed by atoms with Crippen LogP contribution in [0, 0.1) is 5.82 Å². The van der Waals surface area contributed by atoms with E-state index in [0.717, 1.165) is 31.2 Å². The van der Waals surface area contributed by atoms with E-state index in [9.17, 15) is 14.0 Å². The van der Waals surface area contributed by atoms with Gasteiger partial charge in [-0.2, -0.15) is 0 Å². The summed E-state index contributed by atoms with van der Waals surface area (Å²) in [5.74, 6) is -0.420. The smallest absolute Gasteiger partial charge is 0.261 e. The van der Waals surface area contributed by atoms with Gasteiger partial charge < -0.3 is 19.7 Å². The molecule has 2 aromatic carbocycles. The van der Waals surface area contributed by atoms with Crippen LogP contribution in [0.2, 0.25) is 0 Å². The van der Waals surface area contributed by atoms with E-state index in [0.29, 0.717) is 5.75 Å². The molecule has 0 aromatic heterocycles. The number of hydrogen-bond donors (Lipinski definition) is 1. The fourth-order valence-electron chi connectivity index (χ4n) is 3.69. The normalized spacial score (nSPS) is 14.7. The Bertz CT molecular complexity index is 881. The monoisotopic (exact) mass is 428 g/mol. The molecule has 166 valence electrons. The van der Waals surface area contributed by atoms with Gasteiger partial charge in [0.2, 0.25) is 5.91 Å². The molecule has 1 fully saturated rings. The molecule has 0 bridgehead atoms. The summed E-state index contributed by atoms with van der Waals surface area (Å²) in [6.45, 7) is 1.57. The lowest BCUT2D eigenvalue weighted by Crippen LogP contribution is -2.50. The van der Waals surface area contributed by atoms with Crippen LogP contribution in [0.4, 0.5) is 4.39 Å². The van der Waals surface area contributed by atoms with E-state index in [1.807, 2.05) is 12.1 Å². The zero-order valence-electron chi connectivity index (χ0n) is 18.0. The highest BCUT2D eigenvalue weighted by Gasteiger charge is 2.28. The predicted molar refractivity (Wildman–Crippen MR) is 115 cm³/mol. The second kappa shape index (κ2) is 10.8. The number of halogens is 1. The van der Waals surface area contributed by atoms with E-state index in [-0.39, 0.29) is 30.9 Å². The lowest BCUT2D eigenvalue weighted by Gasteiger charge is -2.29. The minimum atomic E-state index is -0.695. The maximum absolute atomic E-state index is 13.8. The molecule has 1 atom stereocenters. The van der Waals surface area contributed by atoms with Gasteiger partial charge in [0, 0.05) is 12.6 Å². The Morgan fingerprint density at radius 2 is 1.81 bits per heavy atom. The quantitative estimate of drug-likeness (QED) is 0.662. The van der Waals surface area contributed by atoms with Crippen LogP contribution in [-0.4, -0.2) is 42.5 Å². The molecule has 1 unspecified atom stereocenters. The molecule has 31 heavy (non-hydrogen) atoms. The van der Waals surface area contributed by atoms with Gasteiger partial charge in [-0.25, -0.2) is 4.39 Å². The Balaban J connectivity index is 1.72. The molecule has 7 heteroatoms. The summed E-state index contributed by atoms with van der Waals surface area (Å²) < 4.78 is 24.4. The minimum Gasteiger partial charge on any atom is -0.497 e. The molecular weight excluding hydrogens is 399 g/mol. The first-order valence-corrected chi connectivity index (χ1v) is 10.6. The zero-order valence-corrected chi connectivity index (χ0v) is 18.0. The lowest BCUT2D eigenvalue weighted by molar-refractivity contribution is -0.142. The number of hydrogen-bond acceptors (Lipinski definition) is 4. The number of nitrogens with zero attached hydrogens (tertiary/aromatic N) is 1. The lowest BCUT2D eigenvalue weighted by atomic mass is 10.1. The topological polar surface area (TPSA) is 67.9 Å². The molecular formula is C24H29FN2O4. The van der Waals surface area contributed by atoms with E-state index in [1.165, 1.54) is 17.0 Å². The van der Waals surface area contributed by atoms with Crippen molar-refractivity contribution < 1.29 is 23.5 Å². The van der Waals surface area contributed by atoms with E-state index >= 15 is 0 Å². The van der Waals surface area contributed by atoms with Crippen molar-refractivity contribution in [2.75, 3.05) is 13.7 Å². The van der Waals surface area contributed by atoms with Crippen molar-refractivity contribution in [2.24, 2.45) is 0 Å². The second-order valence-corrected chi connectivity index (χ2v) is 7.75. The summed E-state index contributed by atoms with van der Waals surface area (Å²) in [5, 5.41) is 3.05. The van der Waals surface area contributed by atoms with Crippen molar-refractivity contribution in [3.05, 3.63) is 59.9 Å². The van der Waals surface area contributed by atoms with Gasteiger partial charge in [0.1, 0.15) is 11.8 Å². The van der Waals surface area contributed by atoms with Crippen LogP contribution in [0.15, 0.2) is 48.5 Å². The van der Waals surface area contributed by atoms with Crippen LogP contribution in [0.5, 0.6) is 11.5 Å². The van der Waals surface area contributed by atoms with E-state index in [4.69, 9.17) is 9.47 Å². The molecule has 0 saturated heterocycles. The third-order valence-electron chi connectivity index (χ3n) is 5.57. The SMILES string of the molecule is COc1ccc(CN(C(=O)COc2ccccc2F)C(C)C(=O)NC2CCCC2)cc1. The van der Waals surface area contributed by atoms with Crippen molar-refractivity contribution in [1.82, 2.24) is 10.2 Å². The van der Waals surface area contributed by atoms with E-state index in [2.05, 4.69) is 5.32 Å². The van der Waals surface area contributed by atoms with Crippen LogP contribution in [0.1, 0.15) is 38.2 Å². The van der Waals surface area contributed by atoms with Gasteiger partial charge in [0.15, 0.2) is 18.2 Å². The molecule has 0 heterocycles. The van der Waals surface area contributed by atoms with Crippen molar-refractivity contribution in [1.29, 1.82) is 0 Å². The summed E-state index contributed by atoms with van der Waals surface area (Å²) >= 11 is 0. The van der Waals surface area contributed by atoms with Gasteiger partial charge >= 0.3 is 0 Å². The third-order valence-corrected chi connectivity index (χ3v) is 5.57. The fourth-order valence-corrected chi connectivity index (χ4v) is 3.69. The Labute approximate surface area is 182 Å². The molecule has 0 radical (unpaired) electrons. The number of amides is 2. The predicted octanol–water partition coefficient (Wildman–Crippen LogP) is 3.69. The molecule has 0 spiro atoms.